The first kappa shape index (κ1) is 85.5. The number of anilines is 1. The highest BCUT2D eigenvalue weighted by atomic mass is 16.5. The van der Waals surface area contributed by atoms with E-state index in [9.17, 15) is 14.4 Å². The van der Waals surface area contributed by atoms with Crippen LogP contribution in [-0.4, -0.2) is 183 Å². The van der Waals surface area contributed by atoms with E-state index in [0.717, 1.165) is 63.4 Å². The monoisotopic (exact) mass is 1230 g/mol. The van der Waals surface area contributed by atoms with Gasteiger partial charge in [0, 0.05) is 118 Å². The van der Waals surface area contributed by atoms with Gasteiger partial charge in [-0.15, -0.1) is 0 Å². The summed E-state index contributed by atoms with van der Waals surface area (Å²) in [5.74, 6) is 1.67. The number of aliphatic hydroxyl groups excluding tert-OH is 1. The number of para-hydroxylation sites is 2. The van der Waals surface area contributed by atoms with E-state index in [1.807, 2.05) is 129 Å². The van der Waals surface area contributed by atoms with Crippen molar-refractivity contribution in [2.75, 3.05) is 91.1 Å². The molecule has 0 spiro atoms. The van der Waals surface area contributed by atoms with Crippen molar-refractivity contribution in [1.29, 1.82) is 0 Å². The van der Waals surface area contributed by atoms with Crippen LogP contribution in [0.4, 0.5) is 5.69 Å². The Hall–Kier alpha value is -4.61. The number of rotatable bonds is 17. The maximum absolute atomic E-state index is 11.5. The van der Waals surface area contributed by atoms with Gasteiger partial charge in [-0.05, 0) is 199 Å². The Morgan fingerprint density at radius 1 is 0.523 bits per heavy atom. The topological polar surface area (TPSA) is 163 Å². The third-order valence-corrected chi connectivity index (χ3v) is 14.0. The zero-order valence-corrected chi connectivity index (χ0v) is 59.8. The molecule has 1 saturated carbocycles. The molecule has 3 amide bonds. The van der Waals surface area contributed by atoms with Gasteiger partial charge in [0.05, 0.1) is 25.9 Å². The van der Waals surface area contributed by atoms with Gasteiger partial charge in [-0.3, -0.25) is 24.2 Å². The number of nitrogens with one attached hydrogen (secondary N) is 5. The fourth-order valence-electron chi connectivity index (χ4n) is 9.18. The van der Waals surface area contributed by atoms with Crippen molar-refractivity contribution in [2.45, 2.75) is 250 Å². The van der Waals surface area contributed by atoms with Crippen LogP contribution >= 0.6 is 0 Å². The summed E-state index contributed by atoms with van der Waals surface area (Å²) in [5.41, 5.74) is 1.91. The highest BCUT2D eigenvalue weighted by Gasteiger charge is 2.21. The van der Waals surface area contributed by atoms with Gasteiger partial charge < -0.3 is 51.0 Å². The number of piperidine rings is 1. The predicted molar refractivity (Wildman–Crippen MR) is 377 cm³/mol. The smallest absolute Gasteiger partial charge is 0.251 e. The zero-order chi connectivity index (χ0) is 66.7. The van der Waals surface area contributed by atoms with Crippen molar-refractivity contribution in [2.24, 2.45) is 5.92 Å². The molecule has 88 heavy (non-hydrogen) atoms. The second-order valence-corrected chi connectivity index (χ2v) is 25.8. The second kappa shape index (κ2) is 55.2. The summed E-state index contributed by atoms with van der Waals surface area (Å²) in [6, 6.07) is 33.2. The number of ether oxygens (including phenoxy) is 2. The minimum atomic E-state index is -0.00870. The van der Waals surface area contributed by atoms with Gasteiger partial charge in [0.15, 0.2) is 0 Å². The third-order valence-electron chi connectivity index (χ3n) is 14.0. The number of hydrogen-bond donors (Lipinski definition) is 6. The number of hydrogen-bond acceptors (Lipinski definition) is 12. The molecule has 15 heteroatoms. The van der Waals surface area contributed by atoms with Crippen LogP contribution in [0.5, 0.6) is 5.75 Å². The highest BCUT2D eigenvalue weighted by Crippen LogP contribution is 2.23. The number of likely N-dealkylation sites (tertiary alicyclic amines) is 1. The Kier molecular flexibility index (Phi) is 53.6. The molecule has 0 bridgehead atoms. The highest BCUT2D eigenvalue weighted by molar-refractivity contribution is 5.94. The minimum absolute atomic E-state index is 0.00870. The number of carbonyl (C=O) groups excluding carboxylic acids is 3. The molecule has 0 aromatic heterocycles. The first-order valence-electron chi connectivity index (χ1n) is 34.0. The van der Waals surface area contributed by atoms with Crippen LogP contribution in [0.15, 0.2) is 91.0 Å². The van der Waals surface area contributed by atoms with Crippen molar-refractivity contribution in [1.82, 2.24) is 40.9 Å². The van der Waals surface area contributed by atoms with Gasteiger partial charge in [0.2, 0.25) is 11.8 Å². The summed E-state index contributed by atoms with van der Waals surface area (Å²) in [4.78, 5) is 43.5. The minimum Gasteiger partial charge on any atom is -0.491 e. The number of amides is 3. The maximum atomic E-state index is 11.5. The summed E-state index contributed by atoms with van der Waals surface area (Å²) >= 11 is 0. The van der Waals surface area contributed by atoms with E-state index < -0.39 is 0 Å². The Morgan fingerprint density at radius 2 is 0.966 bits per heavy atom. The first-order valence-corrected chi connectivity index (χ1v) is 34.0. The van der Waals surface area contributed by atoms with Crippen molar-refractivity contribution < 1.29 is 29.0 Å². The number of piperazine rings is 1. The van der Waals surface area contributed by atoms with Crippen LogP contribution in [-0.2, 0) is 14.3 Å². The average molecular weight is 1230 g/mol. The molecule has 7 rings (SSSR count). The summed E-state index contributed by atoms with van der Waals surface area (Å²) in [6.07, 6.45) is 12.1. The molecule has 4 aliphatic rings. The number of aliphatic hydroxyl groups is 1. The summed E-state index contributed by atoms with van der Waals surface area (Å²) in [5, 5.41) is 23.2. The lowest BCUT2D eigenvalue weighted by molar-refractivity contribution is -0.126. The zero-order valence-electron chi connectivity index (χ0n) is 59.8. The van der Waals surface area contributed by atoms with E-state index in [4.69, 9.17) is 14.6 Å². The van der Waals surface area contributed by atoms with Crippen LogP contribution in [0, 0.1) is 5.92 Å². The molecule has 1 aliphatic carbocycles. The lowest BCUT2D eigenvalue weighted by Gasteiger charge is -2.34. The van der Waals surface area contributed by atoms with Gasteiger partial charge in [-0.1, -0.05) is 101 Å². The molecular weight excluding hydrogens is 1100 g/mol. The number of benzene rings is 3. The molecule has 3 heterocycles. The van der Waals surface area contributed by atoms with Crippen LogP contribution in [0.3, 0.4) is 0 Å². The Bertz CT molecular complexity index is 1950. The van der Waals surface area contributed by atoms with Crippen molar-refractivity contribution in [3.63, 3.8) is 0 Å². The number of nitrogens with zero attached hydrogens (tertiary/aromatic N) is 4. The largest absolute Gasteiger partial charge is 0.491 e. The quantitative estimate of drug-likeness (QED) is 0.0760. The number of morpholine rings is 1. The fourth-order valence-corrected chi connectivity index (χ4v) is 9.18. The Labute approximate surface area is 540 Å². The van der Waals surface area contributed by atoms with E-state index in [1.54, 1.807) is 12.1 Å². The van der Waals surface area contributed by atoms with E-state index in [1.165, 1.54) is 83.5 Å². The SMILES string of the molecule is CC(C)N1CCCCC1.CC(C)N1CCN(C)CC1.CC(C)N1CCOCC1.CC(C)NC(=O)C1CCCCC1.CC(C)NC(=O)c1ccccc1.CC(C)NCCO.CC(C)Nc1ccccc1.CC(C)Oc1ccccc1.CCCC(=O)NC(C)C. The molecule has 3 aromatic rings. The summed E-state index contributed by atoms with van der Waals surface area (Å²) in [7, 11) is 2.19. The van der Waals surface area contributed by atoms with E-state index in [0.29, 0.717) is 48.6 Å². The van der Waals surface area contributed by atoms with E-state index >= 15 is 0 Å². The lowest BCUT2D eigenvalue weighted by atomic mass is 9.88. The van der Waals surface area contributed by atoms with E-state index in [2.05, 4.69) is 135 Å². The van der Waals surface area contributed by atoms with Crippen molar-refractivity contribution in [3.8, 4) is 5.75 Å². The molecule has 3 aliphatic heterocycles. The fraction of sp³-hybridized carbons (Fsp3) is 0.712. The standard InChI is InChI=1S/C10H19NO.C10H13NO.C9H13N.C9H12O.C8H18N2.C8H17N.2C7H15NO.C5H13NO/c2*1-8(2)11-10(12)9-6-4-3-5-7-9;2*1-8(2)10-9-6-4-3-5-7-9;1-8(2)10-6-4-9(3)5-7-10;1-8(2)9-6-4-3-5-7-9;1-7(2)8-3-5-9-6-4-8;1-4-5-7(9)8-6(2)3;1-5(2)6-3-4-7/h8-9H,3-7H2,1-2H3,(H,11,12);3-8H,1-2H3,(H,11,12);3-8,10H,1-2H3;3-8H,1-2H3;8H,4-7H2,1-3H3;8H,3-7H2,1-2H3;7H,3-6H2,1-2H3;6H,4-5H2,1-3H3,(H,8,9);5-7H,3-4H2,1-2H3. The summed E-state index contributed by atoms with van der Waals surface area (Å²) in [6.45, 7) is 52.4. The third kappa shape index (κ3) is 52.2. The molecule has 6 N–H and O–H groups in total. The van der Waals surface area contributed by atoms with E-state index in [-0.39, 0.29) is 42.5 Å². The molecule has 0 atom stereocenters. The Balaban J connectivity index is 0. The predicted octanol–water partition coefficient (Wildman–Crippen LogP) is 13.4. The van der Waals surface area contributed by atoms with Crippen LogP contribution in [0.25, 0.3) is 0 Å². The van der Waals surface area contributed by atoms with Crippen LogP contribution in [0.2, 0.25) is 0 Å². The van der Waals surface area contributed by atoms with Gasteiger partial charge in [-0.25, -0.2) is 0 Å². The van der Waals surface area contributed by atoms with Crippen LogP contribution in [0.1, 0.15) is 206 Å². The second-order valence-electron chi connectivity index (χ2n) is 25.8. The molecule has 15 nitrogen and oxygen atoms in total. The van der Waals surface area contributed by atoms with Crippen molar-refractivity contribution >= 4 is 23.4 Å². The van der Waals surface area contributed by atoms with Gasteiger partial charge in [0.1, 0.15) is 5.75 Å². The Morgan fingerprint density at radius 3 is 1.35 bits per heavy atom. The van der Waals surface area contributed by atoms with Gasteiger partial charge in [-0.2, -0.15) is 0 Å². The summed E-state index contributed by atoms with van der Waals surface area (Å²) < 4.78 is 10.6. The molecule has 0 radical (unpaired) electrons. The maximum Gasteiger partial charge on any atom is 0.251 e. The van der Waals surface area contributed by atoms with Crippen LogP contribution < -0.4 is 31.3 Å². The molecule has 3 saturated heterocycles. The molecule has 3 aromatic carbocycles. The lowest BCUT2D eigenvalue weighted by Crippen LogP contribution is -2.47. The molecular formula is C73H135N9O6. The van der Waals surface area contributed by atoms with Gasteiger partial charge in [0.25, 0.3) is 5.91 Å². The molecule has 0 unspecified atom stereocenters. The normalized spacial score (nSPS) is 15.5. The van der Waals surface area contributed by atoms with Gasteiger partial charge >= 0.3 is 0 Å². The number of likely N-dealkylation sites (N-methyl/N-ethyl adjacent to an activating group) is 1. The molecule has 4 fully saturated rings. The number of carbonyl (C=O) groups is 3. The first-order chi connectivity index (χ1) is 41.7. The van der Waals surface area contributed by atoms with Crippen molar-refractivity contribution in [3.05, 3.63) is 96.6 Å². The molecule has 508 valence electrons. The average Bonchev–Trinajstić information content (AvgIpc) is 3.51.